The van der Waals surface area contributed by atoms with Gasteiger partial charge < -0.3 is 64.2 Å². The van der Waals surface area contributed by atoms with Crippen molar-refractivity contribution in [2.24, 2.45) is 0 Å². The Kier molecular flexibility index (Phi) is 35.0. The van der Waals surface area contributed by atoms with Gasteiger partial charge in [0.15, 0.2) is 18.7 Å². The fourth-order valence-corrected chi connectivity index (χ4v) is 7.85. The fourth-order valence-electron chi connectivity index (χ4n) is 7.85. The summed E-state index contributed by atoms with van der Waals surface area (Å²) >= 11 is 0. The van der Waals surface area contributed by atoms with E-state index in [4.69, 9.17) is 28.4 Å². The van der Waals surface area contributed by atoms with Gasteiger partial charge in [-0.15, -0.1) is 0 Å². The van der Waals surface area contributed by atoms with Crippen LogP contribution in [0.2, 0.25) is 0 Å². The molecule has 0 bridgehead atoms. The van der Waals surface area contributed by atoms with Gasteiger partial charge in [-0.05, 0) is 64.2 Å². The molecule has 15 nitrogen and oxygen atoms in total. The third-order valence-corrected chi connectivity index (χ3v) is 12.1. The van der Waals surface area contributed by atoms with Crippen LogP contribution in [0, 0.1) is 0 Å². The molecule has 0 saturated carbocycles. The molecule has 66 heavy (non-hydrogen) atoms. The molecule has 0 aromatic heterocycles. The lowest BCUT2D eigenvalue weighted by atomic mass is 9.98. The quantitative estimate of drug-likeness (QED) is 0.0143. The van der Waals surface area contributed by atoms with Crippen LogP contribution in [-0.2, 0) is 38.0 Å². The third kappa shape index (κ3) is 26.5. The molecule has 0 amide bonds. The first-order valence-corrected chi connectivity index (χ1v) is 25.6. The van der Waals surface area contributed by atoms with Crippen LogP contribution in [0.4, 0.5) is 0 Å². The molecule has 2 rings (SSSR count). The van der Waals surface area contributed by atoms with E-state index in [9.17, 15) is 45.3 Å². The molecule has 0 aromatic carbocycles. The molecule has 0 aliphatic carbocycles. The third-order valence-electron chi connectivity index (χ3n) is 12.1. The summed E-state index contributed by atoms with van der Waals surface area (Å²) in [6.45, 7) is 2.53. The van der Waals surface area contributed by atoms with Crippen LogP contribution in [0.25, 0.3) is 0 Å². The smallest absolute Gasteiger partial charge is 0.306 e. The zero-order valence-corrected chi connectivity index (χ0v) is 40.4. The van der Waals surface area contributed by atoms with Gasteiger partial charge in [0, 0.05) is 12.8 Å². The normalized spacial score (nSPS) is 26.4. The molecule has 2 heterocycles. The van der Waals surface area contributed by atoms with Crippen LogP contribution < -0.4 is 0 Å². The van der Waals surface area contributed by atoms with Gasteiger partial charge in [0.2, 0.25) is 0 Å². The predicted molar refractivity (Wildman–Crippen MR) is 252 cm³/mol. The van der Waals surface area contributed by atoms with Crippen molar-refractivity contribution < 1.29 is 73.8 Å². The lowest BCUT2D eigenvalue weighted by Gasteiger charge is -2.42. The lowest BCUT2D eigenvalue weighted by molar-refractivity contribution is -0.332. The minimum Gasteiger partial charge on any atom is -0.462 e. The maximum atomic E-state index is 13.0. The van der Waals surface area contributed by atoms with E-state index in [0.29, 0.717) is 12.8 Å². The summed E-state index contributed by atoms with van der Waals surface area (Å²) in [4.78, 5) is 25.7. The minimum absolute atomic E-state index is 0.132. The van der Waals surface area contributed by atoms with E-state index in [0.717, 1.165) is 57.8 Å². The van der Waals surface area contributed by atoms with Gasteiger partial charge in [-0.2, -0.15) is 0 Å². The molecular weight excluding hydrogens is 853 g/mol. The van der Waals surface area contributed by atoms with Crippen LogP contribution in [0.3, 0.4) is 0 Å². The topological polar surface area (TPSA) is 231 Å². The Balaban J connectivity index is 1.83. The molecule has 7 N–H and O–H groups in total. The SMILES string of the molecule is CCCCCC/C=C/C=C/CCCCCCCC(=O)OC[C@H](CO[C@@H]1O[C@H](CO[C@@H]2O[C@H](CO)[C@H](O)C(O)C2O)[C@H](O)C(O)C1O)OC(=O)CCCC/C=C/CCCCCCCCCCC. The van der Waals surface area contributed by atoms with Crippen molar-refractivity contribution in [3.63, 3.8) is 0 Å². The zero-order valence-electron chi connectivity index (χ0n) is 40.4. The van der Waals surface area contributed by atoms with E-state index in [2.05, 4.69) is 50.3 Å². The number of aliphatic hydroxyl groups excluding tert-OH is 7. The van der Waals surface area contributed by atoms with Crippen LogP contribution >= 0.6 is 0 Å². The first kappa shape index (κ1) is 59.8. The molecule has 4 unspecified atom stereocenters. The summed E-state index contributed by atoms with van der Waals surface area (Å²) in [5.74, 6) is -0.967. The molecular formula is C51H90O15. The van der Waals surface area contributed by atoms with Crippen LogP contribution in [0.1, 0.15) is 181 Å². The van der Waals surface area contributed by atoms with E-state index in [1.54, 1.807) is 0 Å². The Hall–Kier alpha value is -2.28. The van der Waals surface area contributed by atoms with Crippen molar-refractivity contribution in [3.05, 3.63) is 36.5 Å². The minimum atomic E-state index is -1.77. The number of hydrogen-bond acceptors (Lipinski definition) is 15. The second-order valence-electron chi connectivity index (χ2n) is 18.0. The molecule has 2 aliphatic heterocycles. The fraction of sp³-hybridized carbons (Fsp3) is 0.843. The monoisotopic (exact) mass is 943 g/mol. The second-order valence-corrected chi connectivity index (χ2v) is 18.0. The van der Waals surface area contributed by atoms with E-state index in [-0.39, 0.29) is 19.4 Å². The van der Waals surface area contributed by atoms with E-state index in [1.165, 1.54) is 83.5 Å². The summed E-state index contributed by atoms with van der Waals surface area (Å²) in [5.41, 5.74) is 0. The van der Waals surface area contributed by atoms with Gasteiger partial charge in [0.25, 0.3) is 0 Å². The maximum absolute atomic E-state index is 13.0. The van der Waals surface area contributed by atoms with Crippen LogP contribution in [0.5, 0.6) is 0 Å². The van der Waals surface area contributed by atoms with Crippen molar-refractivity contribution >= 4 is 11.9 Å². The Morgan fingerprint density at radius 1 is 0.485 bits per heavy atom. The van der Waals surface area contributed by atoms with Gasteiger partial charge >= 0.3 is 11.9 Å². The number of rotatable bonds is 39. The number of carbonyl (C=O) groups excluding carboxylic acids is 2. The summed E-state index contributed by atoms with van der Waals surface area (Å²) in [7, 11) is 0. The average Bonchev–Trinajstić information content (AvgIpc) is 3.31. The molecule has 2 fully saturated rings. The lowest BCUT2D eigenvalue weighted by Crippen LogP contribution is -2.61. The number of unbranched alkanes of at least 4 members (excludes halogenated alkanes) is 20. The molecule has 0 aromatic rings. The molecule has 15 heteroatoms. The van der Waals surface area contributed by atoms with E-state index >= 15 is 0 Å². The highest BCUT2D eigenvalue weighted by atomic mass is 16.7. The number of allylic oxidation sites excluding steroid dienone is 6. The summed E-state index contributed by atoms with van der Waals surface area (Å²) in [6, 6.07) is 0. The number of hydrogen-bond donors (Lipinski definition) is 7. The predicted octanol–water partition coefficient (Wildman–Crippen LogP) is 6.93. The summed E-state index contributed by atoms with van der Waals surface area (Å²) in [5, 5.41) is 72.0. The highest BCUT2D eigenvalue weighted by Gasteiger charge is 2.47. The van der Waals surface area contributed by atoms with E-state index in [1.807, 2.05) is 0 Å². The van der Waals surface area contributed by atoms with Crippen molar-refractivity contribution in [3.8, 4) is 0 Å². The van der Waals surface area contributed by atoms with Crippen molar-refractivity contribution in [1.29, 1.82) is 0 Å². The maximum Gasteiger partial charge on any atom is 0.306 e. The van der Waals surface area contributed by atoms with Crippen LogP contribution in [-0.4, -0.2) is 142 Å². The number of ether oxygens (including phenoxy) is 6. The van der Waals surface area contributed by atoms with Crippen molar-refractivity contribution in [2.45, 2.75) is 248 Å². The molecule has 0 spiro atoms. The Morgan fingerprint density at radius 3 is 1.47 bits per heavy atom. The summed E-state index contributed by atoms with van der Waals surface area (Å²) < 4.78 is 33.5. The van der Waals surface area contributed by atoms with Crippen molar-refractivity contribution in [1.82, 2.24) is 0 Å². The van der Waals surface area contributed by atoms with Crippen LogP contribution in [0.15, 0.2) is 36.5 Å². The summed E-state index contributed by atoms with van der Waals surface area (Å²) in [6.07, 6.45) is 23.2. The average molecular weight is 943 g/mol. The molecule has 384 valence electrons. The van der Waals surface area contributed by atoms with Gasteiger partial charge in [-0.25, -0.2) is 0 Å². The highest BCUT2D eigenvalue weighted by Crippen LogP contribution is 2.26. The Morgan fingerprint density at radius 2 is 0.909 bits per heavy atom. The van der Waals surface area contributed by atoms with E-state index < -0.39 is 99.3 Å². The van der Waals surface area contributed by atoms with Gasteiger partial charge in [0.1, 0.15) is 55.4 Å². The van der Waals surface area contributed by atoms with Gasteiger partial charge in [-0.3, -0.25) is 9.59 Å². The standard InChI is InChI=1S/C51H90O15/c1-3-5-7-9-11-13-15-17-19-21-23-25-27-29-31-33-42(53)61-36-39(64-43(54)34-32-30-28-26-24-22-20-18-16-14-12-10-8-6-4-2)37-62-50-49(60)47(58)45(56)41(66-50)38-63-51-48(59)46(57)44(55)40(35-52)65-51/h13,15,17,19,24,26,39-41,44-52,55-60H,3-12,14,16,18,20-23,25,27-38H2,1-2H3/b15-13+,19-17+,26-24+/t39-,40-,41-,44+,45+,46?,47?,48?,49?,50-,51-/m1/s1. The first-order chi connectivity index (χ1) is 32.0. The number of aliphatic hydroxyl groups is 7. The Labute approximate surface area is 395 Å². The largest absolute Gasteiger partial charge is 0.462 e. The van der Waals surface area contributed by atoms with Gasteiger partial charge in [-0.1, -0.05) is 140 Å². The van der Waals surface area contributed by atoms with Crippen molar-refractivity contribution in [2.75, 3.05) is 26.4 Å². The second kappa shape index (κ2) is 38.6. The molecule has 2 aliphatic rings. The molecule has 0 radical (unpaired) electrons. The zero-order chi connectivity index (χ0) is 48.2. The Bertz CT molecular complexity index is 1290. The first-order valence-electron chi connectivity index (χ1n) is 25.6. The van der Waals surface area contributed by atoms with Gasteiger partial charge in [0.05, 0.1) is 19.8 Å². The molecule has 2 saturated heterocycles. The number of carbonyl (C=O) groups is 2. The highest BCUT2D eigenvalue weighted by molar-refractivity contribution is 5.70. The number of esters is 2. The molecule has 11 atom stereocenters.